The summed E-state index contributed by atoms with van der Waals surface area (Å²) in [6.07, 6.45) is 0.465. The van der Waals surface area contributed by atoms with Crippen LogP contribution in [0.3, 0.4) is 0 Å². The van der Waals surface area contributed by atoms with Crippen molar-refractivity contribution in [3.63, 3.8) is 0 Å². The number of aliphatic imine (C=N–C) groups is 1. The molecule has 4 atom stereocenters. The number of nitrogens with zero attached hydrogens (tertiary/aromatic N) is 1. The van der Waals surface area contributed by atoms with Crippen molar-refractivity contribution in [2.45, 2.75) is 64.2 Å². The number of nitrogens with two attached hydrogens (primary N) is 3. The second kappa shape index (κ2) is 14.5. The van der Waals surface area contributed by atoms with Crippen molar-refractivity contribution in [1.82, 2.24) is 16.0 Å². The van der Waals surface area contributed by atoms with Crippen LogP contribution in [0.2, 0.25) is 0 Å². The summed E-state index contributed by atoms with van der Waals surface area (Å²) >= 11 is 0. The zero-order chi connectivity index (χ0) is 27.4. The second-order valence-electron chi connectivity index (χ2n) is 8.80. The van der Waals surface area contributed by atoms with Gasteiger partial charge in [0.05, 0.1) is 6.04 Å². The molecule has 0 spiro atoms. The van der Waals surface area contributed by atoms with E-state index in [1.165, 1.54) is 19.1 Å². The Bertz CT molecular complexity index is 929. The van der Waals surface area contributed by atoms with Crippen molar-refractivity contribution in [3.05, 3.63) is 29.8 Å². The van der Waals surface area contributed by atoms with Gasteiger partial charge in [0.1, 0.15) is 23.9 Å². The Morgan fingerprint density at radius 1 is 0.917 bits per heavy atom. The van der Waals surface area contributed by atoms with Gasteiger partial charge in [-0.15, -0.1) is 0 Å². The number of amides is 3. The van der Waals surface area contributed by atoms with Crippen LogP contribution in [0, 0.1) is 5.92 Å². The van der Waals surface area contributed by atoms with Crippen LogP contribution in [0.5, 0.6) is 5.75 Å². The van der Waals surface area contributed by atoms with Crippen LogP contribution in [-0.4, -0.2) is 70.6 Å². The van der Waals surface area contributed by atoms with Gasteiger partial charge < -0.3 is 43.4 Å². The predicted molar refractivity (Wildman–Crippen MR) is 134 cm³/mol. The van der Waals surface area contributed by atoms with Gasteiger partial charge in [-0.3, -0.25) is 19.4 Å². The first-order valence-corrected chi connectivity index (χ1v) is 11.5. The van der Waals surface area contributed by atoms with Gasteiger partial charge in [0.2, 0.25) is 17.7 Å². The van der Waals surface area contributed by atoms with Gasteiger partial charge in [0, 0.05) is 13.0 Å². The number of carbonyl (C=O) groups excluding carboxylic acids is 3. The monoisotopic (exact) mass is 507 g/mol. The molecule has 13 nitrogen and oxygen atoms in total. The van der Waals surface area contributed by atoms with E-state index in [-0.39, 0.29) is 31.1 Å². The van der Waals surface area contributed by atoms with Gasteiger partial charge in [-0.25, -0.2) is 4.79 Å². The standard InChI is InChI=1S/C23H37N7O6/c1-12(2)18(22(35)36)30-20(33)16(5-4-10-27-23(25)26)28-21(34)17(29-19(32)13(3)24)11-14-6-8-15(31)9-7-14/h6-9,12-13,16-18,31H,4-5,10-11,24H2,1-3H3,(H,28,34)(H,29,32)(H,30,33)(H,35,36)(H4,25,26,27). The summed E-state index contributed by atoms with van der Waals surface area (Å²) in [5, 5.41) is 26.6. The summed E-state index contributed by atoms with van der Waals surface area (Å²) in [7, 11) is 0. The quantitative estimate of drug-likeness (QED) is 0.0832. The maximum absolute atomic E-state index is 13.2. The number of guanidine groups is 1. The van der Waals surface area contributed by atoms with Crippen molar-refractivity contribution in [1.29, 1.82) is 0 Å². The molecule has 11 N–H and O–H groups in total. The third-order valence-corrected chi connectivity index (χ3v) is 5.23. The smallest absolute Gasteiger partial charge is 0.326 e. The van der Waals surface area contributed by atoms with Gasteiger partial charge in [0.15, 0.2) is 5.96 Å². The van der Waals surface area contributed by atoms with Crippen LogP contribution in [0.15, 0.2) is 29.3 Å². The molecule has 36 heavy (non-hydrogen) atoms. The highest BCUT2D eigenvalue weighted by Gasteiger charge is 2.31. The molecular formula is C23H37N7O6. The van der Waals surface area contributed by atoms with Crippen LogP contribution in [0.1, 0.15) is 39.2 Å². The second-order valence-corrected chi connectivity index (χ2v) is 8.80. The van der Waals surface area contributed by atoms with Gasteiger partial charge in [-0.05, 0) is 43.4 Å². The Labute approximate surface area is 209 Å². The minimum atomic E-state index is -1.21. The number of benzene rings is 1. The van der Waals surface area contributed by atoms with E-state index in [1.54, 1.807) is 26.0 Å². The van der Waals surface area contributed by atoms with Crippen molar-refractivity contribution in [3.8, 4) is 5.75 Å². The van der Waals surface area contributed by atoms with Gasteiger partial charge >= 0.3 is 5.97 Å². The third kappa shape index (κ3) is 10.6. The zero-order valence-electron chi connectivity index (χ0n) is 20.7. The van der Waals surface area contributed by atoms with E-state index in [0.717, 1.165) is 0 Å². The molecule has 1 rings (SSSR count). The van der Waals surface area contributed by atoms with E-state index in [1.807, 2.05) is 0 Å². The average molecular weight is 508 g/mol. The number of hydrogen-bond acceptors (Lipinski definition) is 7. The Morgan fingerprint density at radius 3 is 1.97 bits per heavy atom. The molecule has 0 aliphatic heterocycles. The van der Waals surface area contributed by atoms with Crippen molar-refractivity contribution >= 4 is 29.7 Å². The largest absolute Gasteiger partial charge is 0.508 e. The fraction of sp³-hybridized carbons (Fsp3) is 0.522. The van der Waals surface area contributed by atoms with E-state index in [4.69, 9.17) is 17.2 Å². The molecule has 0 radical (unpaired) electrons. The summed E-state index contributed by atoms with van der Waals surface area (Å²) in [5.41, 5.74) is 16.9. The number of nitrogens with one attached hydrogen (secondary N) is 3. The molecular weight excluding hydrogens is 470 g/mol. The summed E-state index contributed by atoms with van der Waals surface area (Å²) in [6, 6.07) is 1.79. The zero-order valence-corrected chi connectivity index (χ0v) is 20.7. The van der Waals surface area contributed by atoms with Gasteiger partial charge in [0.25, 0.3) is 0 Å². The molecule has 0 fully saturated rings. The van der Waals surface area contributed by atoms with Gasteiger partial charge in [-0.2, -0.15) is 0 Å². The first kappa shape index (κ1) is 30.2. The lowest BCUT2D eigenvalue weighted by Gasteiger charge is -2.26. The minimum absolute atomic E-state index is 0.0371. The van der Waals surface area contributed by atoms with E-state index in [0.29, 0.717) is 12.0 Å². The summed E-state index contributed by atoms with van der Waals surface area (Å²) in [4.78, 5) is 53.8. The Hall–Kier alpha value is -3.87. The number of aliphatic carboxylic acids is 1. The fourth-order valence-electron chi connectivity index (χ4n) is 3.19. The first-order chi connectivity index (χ1) is 16.8. The number of aromatic hydroxyl groups is 1. The third-order valence-electron chi connectivity index (χ3n) is 5.23. The van der Waals surface area contributed by atoms with Crippen LogP contribution in [0.4, 0.5) is 0 Å². The molecule has 13 heteroatoms. The maximum Gasteiger partial charge on any atom is 0.326 e. The SMILES string of the molecule is CC(N)C(=O)NC(Cc1ccc(O)cc1)C(=O)NC(CCCN=C(N)N)C(=O)NC(C(=O)O)C(C)C. The molecule has 0 aliphatic carbocycles. The van der Waals surface area contributed by atoms with Gasteiger partial charge in [-0.1, -0.05) is 26.0 Å². The van der Waals surface area contributed by atoms with Crippen molar-refractivity contribution in [2.24, 2.45) is 28.1 Å². The first-order valence-electron chi connectivity index (χ1n) is 11.5. The number of phenolic OH excluding ortho intramolecular Hbond substituents is 1. The molecule has 0 bridgehead atoms. The van der Waals surface area contributed by atoms with E-state index < -0.39 is 53.8 Å². The Balaban J connectivity index is 3.12. The predicted octanol–water partition coefficient (Wildman–Crippen LogP) is -1.47. The van der Waals surface area contributed by atoms with Crippen LogP contribution in [0.25, 0.3) is 0 Å². The molecule has 4 unspecified atom stereocenters. The molecule has 0 saturated heterocycles. The van der Waals surface area contributed by atoms with Crippen molar-refractivity contribution < 1.29 is 29.4 Å². The Morgan fingerprint density at radius 2 is 1.47 bits per heavy atom. The van der Waals surface area contributed by atoms with Crippen LogP contribution < -0.4 is 33.2 Å². The van der Waals surface area contributed by atoms with E-state index in [2.05, 4.69) is 20.9 Å². The molecule has 3 amide bonds. The highest BCUT2D eigenvalue weighted by molar-refractivity contribution is 5.94. The highest BCUT2D eigenvalue weighted by Crippen LogP contribution is 2.12. The highest BCUT2D eigenvalue weighted by atomic mass is 16.4. The maximum atomic E-state index is 13.2. The lowest BCUT2D eigenvalue weighted by Crippen LogP contribution is -2.57. The van der Waals surface area contributed by atoms with Crippen LogP contribution in [-0.2, 0) is 25.6 Å². The number of hydrogen-bond donors (Lipinski definition) is 8. The number of carboxylic acid groups (broad SMARTS) is 1. The van der Waals surface area contributed by atoms with Crippen LogP contribution >= 0.6 is 0 Å². The minimum Gasteiger partial charge on any atom is -0.508 e. The topological polar surface area (TPSA) is 235 Å². The molecule has 0 heterocycles. The summed E-state index contributed by atoms with van der Waals surface area (Å²) in [5.74, 6) is -3.65. The average Bonchev–Trinajstić information content (AvgIpc) is 2.79. The van der Waals surface area contributed by atoms with E-state index >= 15 is 0 Å². The molecule has 0 aromatic heterocycles. The molecule has 0 aliphatic rings. The fourth-order valence-corrected chi connectivity index (χ4v) is 3.19. The van der Waals surface area contributed by atoms with Crippen molar-refractivity contribution in [2.75, 3.05) is 6.54 Å². The van der Waals surface area contributed by atoms with E-state index in [9.17, 15) is 29.4 Å². The molecule has 0 saturated carbocycles. The normalized spacial score (nSPS) is 14.1. The molecule has 1 aromatic rings. The lowest BCUT2D eigenvalue weighted by atomic mass is 10.0. The molecule has 1 aromatic carbocycles. The summed E-state index contributed by atoms with van der Waals surface area (Å²) in [6.45, 7) is 4.93. The Kier molecular flexibility index (Phi) is 12.2. The number of carboxylic acids is 1. The lowest BCUT2D eigenvalue weighted by molar-refractivity contribution is -0.143. The molecule has 200 valence electrons. The number of rotatable bonds is 14. The summed E-state index contributed by atoms with van der Waals surface area (Å²) < 4.78 is 0. The number of carbonyl (C=O) groups is 4. The number of phenols is 1.